The molecule has 0 bridgehead atoms. The van der Waals surface area contributed by atoms with Crippen molar-refractivity contribution >= 4 is 12.1 Å². The first-order chi connectivity index (χ1) is 17.0. The van der Waals surface area contributed by atoms with Crippen LogP contribution in [0.4, 0.5) is 4.79 Å². The van der Waals surface area contributed by atoms with E-state index in [-0.39, 0.29) is 18.4 Å². The van der Waals surface area contributed by atoms with Gasteiger partial charge in [0, 0.05) is 11.5 Å². The number of hydrogen-bond acceptors (Lipinski definition) is 6. The van der Waals surface area contributed by atoms with Crippen molar-refractivity contribution in [3.63, 3.8) is 0 Å². The Bertz CT molecular complexity index is 1330. The van der Waals surface area contributed by atoms with E-state index in [1.807, 2.05) is 67.6 Å². The number of rotatable bonds is 7. The van der Waals surface area contributed by atoms with E-state index in [0.29, 0.717) is 5.82 Å². The standard InChI is InChI=1S/C27H23N3O5/c1-16-10-12-17(13-11-16)25-29-26(35-30-25)23(14-24(31)32)28-27(33)34-15-22-20-8-4-2-6-18(20)19-7-3-5-9-21(19)22/h2-13,22-23H,14-15H2,1H3,(H,28,33)(H,31,32)/t23-/m1/s1. The number of carboxylic acids is 1. The van der Waals surface area contributed by atoms with Gasteiger partial charge in [-0.15, -0.1) is 0 Å². The summed E-state index contributed by atoms with van der Waals surface area (Å²) in [6, 6.07) is 22.5. The molecule has 1 aliphatic rings. The summed E-state index contributed by atoms with van der Waals surface area (Å²) in [5.41, 5.74) is 6.22. The van der Waals surface area contributed by atoms with Gasteiger partial charge in [-0.1, -0.05) is 83.5 Å². The number of nitrogens with one attached hydrogen (secondary N) is 1. The third-order valence-corrected chi connectivity index (χ3v) is 6.06. The summed E-state index contributed by atoms with van der Waals surface area (Å²) in [5, 5.41) is 15.9. The molecule has 0 saturated heterocycles. The quantitative estimate of drug-likeness (QED) is 0.387. The van der Waals surface area contributed by atoms with Gasteiger partial charge in [0.15, 0.2) is 0 Å². The molecule has 0 unspecified atom stereocenters. The third kappa shape index (κ3) is 4.63. The van der Waals surface area contributed by atoms with Crippen molar-refractivity contribution in [3.05, 3.63) is 95.4 Å². The molecule has 1 amide bonds. The van der Waals surface area contributed by atoms with Crippen LogP contribution in [0, 0.1) is 6.92 Å². The van der Waals surface area contributed by atoms with Crippen LogP contribution in [0.5, 0.6) is 0 Å². The number of nitrogens with zero attached hydrogens (tertiary/aromatic N) is 2. The maximum Gasteiger partial charge on any atom is 0.407 e. The van der Waals surface area contributed by atoms with Gasteiger partial charge in [0.25, 0.3) is 0 Å². The zero-order chi connectivity index (χ0) is 24.4. The molecule has 4 aromatic rings. The maximum absolute atomic E-state index is 12.7. The molecule has 1 aliphatic carbocycles. The first-order valence-corrected chi connectivity index (χ1v) is 11.2. The average Bonchev–Trinajstić information content (AvgIpc) is 3.46. The number of alkyl carbamates (subject to hydrolysis) is 1. The fourth-order valence-corrected chi connectivity index (χ4v) is 4.35. The van der Waals surface area contributed by atoms with E-state index in [4.69, 9.17) is 9.26 Å². The van der Waals surface area contributed by atoms with Gasteiger partial charge in [-0.05, 0) is 29.2 Å². The van der Waals surface area contributed by atoms with Crippen LogP contribution in [0.25, 0.3) is 22.5 Å². The van der Waals surface area contributed by atoms with E-state index in [9.17, 15) is 14.7 Å². The van der Waals surface area contributed by atoms with E-state index >= 15 is 0 Å². The first kappa shape index (κ1) is 22.3. The molecule has 1 atom stereocenters. The number of aryl methyl sites for hydroxylation is 1. The molecule has 1 aromatic heterocycles. The monoisotopic (exact) mass is 469 g/mol. The van der Waals surface area contributed by atoms with Gasteiger partial charge in [-0.3, -0.25) is 4.79 Å². The lowest BCUT2D eigenvalue weighted by Gasteiger charge is -2.17. The Morgan fingerprint density at radius 1 is 1.00 bits per heavy atom. The fraction of sp³-hybridized carbons (Fsp3) is 0.185. The van der Waals surface area contributed by atoms with Gasteiger partial charge < -0.3 is 19.7 Å². The lowest BCUT2D eigenvalue weighted by Crippen LogP contribution is -2.32. The smallest absolute Gasteiger partial charge is 0.407 e. The first-order valence-electron chi connectivity index (χ1n) is 11.2. The molecule has 3 aromatic carbocycles. The van der Waals surface area contributed by atoms with E-state index < -0.39 is 24.5 Å². The second kappa shape index (κ2) is 9.42. The molecule has 0 spiro atoms. The molecule has 2 N–H and O–H groups in total. The van der Waals surface area contributed by atoms with E-state index in [2.05, 4.69) is 27.6 Å². The van der Waals surface area contributed by atoms with Crippen molar-refractivity contribution in [2.24, 2.45) is 0 Å². The van der Waals surface area contributed by atoms with Crippen LogP contribution < -0.4 is 5.32 Å². The molecule has 35 heavy (non-hydrogen) atoms. The number of ether oxygens (including phenoxy) is 1. The molecule has 8 heteroatoms. The van der Waals surface area contributed by atoms with Crippen molar-refractivity contribution in [1.29, 1.82) is 0 Å². The Morgan fingerprint density at radius 3 is 2.26 bits per heavy atom. The minimum Gasteiger partial charge on any atom is -0.481 e. The van der Waals surface area contributed by atoms with Gasteiger partial charge in [-0.2, -0.15) is 4.98 Å². The summed E-state index contributed by atoms with van der Waals surface area (Å²) in [6.45, 7) is 2.07. The SMILES string of the molecule is Cc1ccc(-c2noc([C@@H](CC(=O)O)NC(=O)OCC3c4ccccc4-c4ccccc43)n2)cc1. The molecule has 0 radical (unpaired) electrons. The summed E-state index contributed by atoms with van der Waals surface area (Å²) in [4.78, 5) is 28.4. The number of carboxylic acid groups (broad SMARTS) is 1. The zero-order valence-electron chi connectivity index (χ0n) is 19.0. The number of aromatic nitrogens is 2. The Labute approximate surface area is 201 Å². The van der Waals surface area contributed by atoms with Crippen LogP contribution in [0.15, 0.2) is 77.3 Å². The molecule has 5 rings (SSSR count). The molecular weight excluding hydrogens is 446 g/mol. The van der Waals surface area contributed by atoms with Gasteiger partial charge >= 0.3 is 12.1 Å². The second-order valence-electron chi connectivity index (χ2n) is 8.44. The predicted octanol–water partition coefficient (Wildman–Crippen LogP) is 5.10. The summed E-state index contributed by atoms with van der Waals surface area (Å²) >= 11 is 0. The fourth-order valence-electron chi connectivity index (χ4n) is 4.35. The van der Waals surface area contributed by atoms with E-state index in [0.717, 1.165) is 33.4 Å². The number of carbonyl (C=O) groups is 2. The minimum atomic E-state index is -1.12. The van der Waals surface area contributed by atoms with Crippen LogP contribution in [0.1, 0.15) is 41.0 Å². The highest BCUT2D eigenvalue weighted by Gasteiger charge is 2.30. The predicted molar refractivity (Wildman–Crippen MR) is 128 cm³/mol. The minimum absolute atomic E-state index is 0.00326. The van der Waals surface area contributed by atoms with Gasteiger partial charge in [0.1, 0.15) is 12.6 Å². The Morgan fingerprint density at radius 2 is 1.63 bits per heavy atom. The number of carbonyl (C=O) groups excluding carboxylic acids is 1. The van der Waals surface area contributed by atoms with Gasteiger partial charge in [0.2, 0.25) is 11.7 Å². The second-order valence-corrected chi connectivity index (χ2v) is 8.44. The number of aliphatic carboxylic acids is 1. The number of hydrogen-bond donors (Lipinski definition) is 2. The molecule has 0 saturated carbocycles. The molecule has 1 heterocycles. The highest BCUT2D eigenvalue weighted by atomic mass is 16.5. The van der Waals surface area contributed by atoms with Crippen molar-refractivity contribution in [3.8, 4) is 22.5 Å². The normalized spacial score (nSPS) is 13.1. The van der Waals surface area contributed by atoms with Crippen LogP contribution >= 0.6 is 0 Å². The van der Waals surface area contributed by atoms with E-state index in [1.165, 1.54) is 0 Å². The van der Waals surface area contributed by atoms with Crippen LogP contribution in [-0.2, 0) is 9.53 Å². The highest BCUT2D eigenvalue weighted by Crippen LogP contribution is 2.44. The number of amides is 1. The topological polar surface area (TPSA) is 115 Å². The Kier molecular flexibility index (Phi) is 6.01. The van der Waals surface area contributed by atoms with E-state index in [1.54, 1.807) is 0 Å². The highest BCUT2D eigenvalue weighted by molar-refractivity contribution is 5.79. The zero-order valence-corrected chi connectivity index (χ0v) is 19.0. The van der Waals surface area contributed by atoms with Crippen molar-refractivity contribution in [1.82, 2.24) is 15.5 Å². The molecule has 176 valence electrons. The van der Waals surface area contributed by atoms with Gasteiger partial charge in [-0.25, -0.2) is 4.79 Å². The lowest BCUT2D eigenvalue weighted by molar-refractivity contribution is -0.137. The van der Waals surface area contributed by atoms with Crippen LogP contribution in [0.3, 0.4) is 0 Å². The van der Waals surface area contributed by atoms with Crippen LogP contribution in [0.2, 0.25) is 0 Å². The van der Waals surface area contributed by atoms with Crippen molar-refractivity contribution in [2.45, 2.75) is 25.3 Å². The summed E-state index contributed by atoms with van der Waals surface area (Å²) < 4.78 is 10.8. The molecular formula is C27H23N3O5. The number of benzene rings is 3. The summed E-state index contributed by atoms with van der Waals surface area (Å²) in [5.74, 6) is -0.923. The Balaban J connectivity index is 1.30. The summed E-state index contributed by atoms with van der Waals surface area (Å²) in [7, 11) is 0. The molecule has 0 fully saturated rings. The van der Waals surface area contributed by atoms with Crippen LogP contribution in [-0.4, -0.2) is 33.9 Å². The largest absolute Gasteiger partial charge is 0.481 e. The van der Waals surface area contributed by atoms with Gasteiger partial charge in [0.05, 0.1) is 6.42 Å². The average molecular weight is 469 g/mol. The lowest BCUT2D eigenvalue weighted by atomic mass is 9.98. The Hall–Kier alpha value is -4.46. The van der Waals surface area contributed by atoms with Crippen molar-refractivity contribution in [2.75, 3.05) is 6.61 Å². The third-order valence-electron chi connectivity index (χ3n) is 6.06. The molecule has 8 nitrogen and oxygen atoms in total. The van der Waals surface area contributed by atoms with Crippen molar-refractivity contribution < 1.29 is 24.0 Å². The molecule has 0 aliphatic heterocycles. The number of fused-ring (bicyclic) bond motifs is 3. The summed E-state index contributed by atoms with van der Waals surface area (Å²) in [6.07, 6.45) is -1.19. The maximum atomic E-state index is 12.7.